The van der Waals surface area contributed by atoms with E-state index in [1.54, 1.807) is 0 Å². The first-order chi connectivity index (χ1) is 8.86. The first-order valence-electron chi connectivity index (χ1n) is 5.16. The third-order valence-corrected chi connectivity index (χ3v) is 2.29. The Hall–Kier alpha value is -2.74. The van der Waals surface area contributed by atoms with Gasteiger partial charge in [0.25, 0.3) is 0 Å². The second kappa shape index (κ2) is 4.26. The minimum absolute atomic E-state index is 0.293. The largest absolute Gasteiger partial charge is 0.337 e. The Morgan fingerprint density at radius 2 is 1.61 bits per heavy atom. The van der Waals surface area contributed by atoms with Crippen LogP contribution in [0.5, 0.6) is 0 Å². The van der Waals surface area contributed by atoms with Gasteiger partial charge in [0, 0.05) is 5.69 Å². The summed E-state index contributed by atoms with van der Waals surface area (Å²) in [6.45, 7) is 0. The molecule has 3 rings (SSSR count). The number of rotatable bonds is 3. The number of anilines is 3. The summed E-state index contributed by atoms with van der Waals surface area (Å²) in [6, 6.07) is 9.52. The quantitative estimate of drug-likeness (QED) is 0.461. The van der Waals surface area contributed by atoms with Crippen molar-refractivity contribution in [1.29, 1.82) is 0 Å². The zero-order valence-corrected chi connectivity index (χ0v) is 9.16. The van der Waals surface area contributed by atoms with Gasteiger partial charge in [-0.2, -0.15) is 4.98 Å². The molecule has 0 spiro atoms. The molecular weight excluding hydrogens is 234 g/mol. The summed E-state index contributed by atoms with van der Waals surface area (Å²) in [5, 5.41) is 10.3. The average molecular weight is 243 g/mol. The molecule has 0 saturated heterocycles. The van der Waals surface area contributed by atoms with Crippen molar-refractivity contribution >= 4 is 28.6 Å². The van der Waals surface area contributed by atoms with Gasteiger partial charge in [0.2, 0.25) is 11.3 Å². The van der Waals surface area contributed by atoms with Crippen LogP contribution >= 0.6 is 0 Å². The number of nitrogens with two attached hydrogens (primary N) is 1. The van der Waals surface area contributed by atoms with Crippen LogP contribution in [0.4, 0.5) is 17.3 Å². The number of hydrogen-bond donors (Lipinski definition) is 3. The summed E-state index contributed by atoms with van der Waals surface area (Å²) in [5.74, 6) is 6.21. The predicted molar refractivity (Wildman–Crippen MR) is 64.9 cm³/mol. The maximum atomic E-state index is 5.39. The molecule has 0 radical (unpaired) electrons. The standard InChI is InChI=1S/C10H9N7O/c11-15-8-7(12-6-4-2-1-3-5-6)13-9-10(14-8)17-18-16-9/h1-5H,11H2,(H,12,13,16)(H,14,15,17). The molecule has 18 heavy (non-hydrogen) atoms. The fraction of sp³-hybridized carbons (Fsp3) is 0. The predicted octanol–water partition coefficient (Wildman–Crippen LogP) is 1.04. The highest BCUT2D eigenvalue weighted by Gasteiger charge is 2.11. The van der Waals surface area contributed by atoms with Crippen LogP contribution in [-0.4, -0.2) is 20.3 Å². The molecule has 0 bridgehead atoms. The maximum Gasteiger partial charge on any atom is 0.245 e. The van der Waals surface area contributed by atoms with E-state index in [1.165, 1.54) is 0 Å². The highest BCUT2D eigenvalue weighted by molar-refractivity contribution is 5.75. The van der Waals surface area contributed by atoms with E-state index in [-0.39, 0.29) is 0 Å². The maximum absolute atomic E-state index is 5.39. The number of para-hydroxylation sites is 1. The SMILES string of the molecule is NNc1nc2nonc2nc1Nc1ccccc1. The van der Waals surface area contributed by atoms with Gasteiger partial charge in [0.15, 0.2) is 11.6 Å². The van der Waals surface area contributed by atoms with Gasteiger partial charge in [0.1, 0.15) is 0 Å². The Morgan fingerprint density at radius 3 is 2.28 bits per heavy atom. The van der Waals surface area contributed by atoms with E-state index >= 15 is 0 Å². The molecule has 3 aromatic rings. The summed E-state index contributed by atoms with van der Waals surface area (Å²) < 4.78 is 4.55. The molecule has 8 heteroatoms. The fourth-order valence-electron chi connectivity index (χ4n) is 1.48. The molecule has 1 aromatic carbocycles. The molecule has 0 aliphatic carbocycles. The molecule has 90 valence electrons. The van der Waals surface area contributed by atoms with E-state index in [2.05, 4.69) is 35.7 Å². The van der Waals surface area contributed by atoms with Crippen molar-refractivity contribution in [3.05, 3.63) is 30.3 Å². The summed E-state index contributed by atoms with van der Waals surface area (Å²) in [7, 11) is 0. The van der Waals surface area contributed by atoms with Gasteiger partial charge in [-0.1, -0.05) is 18.2 Å². The molecule has 0 atom stereocenters. The lowest BCUT2D eigenvalue weighted by molar-refractivity contribution is 0.314. The lowest BCUT2D eigenvalue weighted by atomic mass is 10.3. The fourth-order valence-corrected chi connectivity index (χ4v) is 1.48. The van der Waals surface area contributed by atoms with Crippen LogP contribution < -0.4 is 16.6 Å². The number of nitrogen functional groups attached to an aromatic ring is 1. The number of nitrogens with one attached hydrogen (secondary N) is 2. The summed E-state index contributed by atoms with van der Waals surface area (Å²) in [6.07, 6.45) is 0. The Morgan fingerprint density at radius 1 is 0.944 bits per heavy atom. The van der Waals surface area contributed by atoms with Crippen LogP contribution in [-0.2, 0) is 0 Å². The van der Waals surface area contributed by atoms with Gasteiger partial charge >= 0.3 is 0 Å². The van der Waals surface area contributed by atoms with E-state index in [0.717, 1.165) is 5.69 Å². The Balaban J connectivity index is 2.04. The van der Waals surface area contributed by atoms with Gasteiger partial charge in [0.05, 0.1) is 0 Å². The number of benzene rings is 1. The summed E-state index contributed by atoms with van der Waals surface area (Å²) >= 11 is 0. The molecule has 0 fully saturated rings. The van der Waals surface area contributed by atoms with E-state index < -0.39 is 0 Å². The van der Waals surface area contributed by atoms with Gasteiger partial charge in [-0.25, -0.2) is 15.5 Å². The zero-order valence-electron chi connectivity index (χ0n) is 9.16. The highest BCUT2D eigenvalue weighted by Crippen LogP contribution is 2.22. The molecule has 4 N–H and O–H groups in total. The van der Waals surface area contributed by atoms with Crippen molar-refractivity contribution in [2.75, 3.05) is 10.7 Å². The van der Waals surface area contributed by atoms with E-state index in [4.69, 9.17) is 5.84 Å². The third-order valence-electron chi connectivity index (χ3n) is 2.29. The second-order valence-corrected chi connectivity index (χ2v) is 3.47. The van der Waals surface area contributed by atoms with Crippen LogP contribution in [0, 0.1) is 0 Å². The third kappa shape index (κ3) is 1.80. The average Bonchev–Trinajstić information content (AvgIpc) is 2.86. The Labute approximate surface area is 101 Å². The number of hydrogen-bond acceptors (Lipinski definition) is 8. The molecule has 2 aromatic heterocycles. The number of nitrogens with zero attached hydrogens (tertiary/aromatic N) is 4. The topological polar surface area (TPSA) is 115 Å². The molecule has 0 aliphatic heterocycles. The first kappa shape index (κ1) is 10.4. The van der Waals surface area contributed by atoms with Crippen LogP contribution in [0.15, 0.2) is 35.0 Å². The van der Waals surface area contributed by atoms with Crippen molar-refractivity contribution in [3.8, 4) is 0 Å². The Kier molecular flexibility index (Phi) is 2.47. The molecule has 8 nitrogen and oxygen atoms in total. The second-order valence-electron chi connectivity index (χ2n) is 3.47. The molecule has 0 aliphatic rings. The van der Waals surface area contributed by atoms with E-state index in [1.807, 2.05) is 30.3 Å². The van der Waals surface area contributed by atoms with Crippen molar-refractivity contribution in [1.82, 2.24) is 20.3 Å². The Bertz CT molecular complexity index is 666. The zero-order chi connectivity index (χ0) is 12.4. The smallest absolute Gasteiger partial charge is 0.245 e. The van der Waals surface area contributed by atoms with Gasteiger partial charge in [-0.3, -0.25) is 0 Å². The van der Waals surface area contributed by atoms with E-state index in [0.29, 0.717) is 22.9 Å². The molecule has 0 saturated carbocycles. The molecule has 2 heterocycles. The van der Waals surface area contributed by atoms with Crippen LogP contribution in [0.25, 0.3) is 11.3 Å². The van der Waals surface area contributed by atoms with Crippen molar-refractivity contribution in [3.63, 3.8) is 0 Å². The van der Waals surface area contributed by atoms with Crippen molar-refractivity contribution in [2.45, 2.75) is 0 Å². The number of fused-ring (bicyclic) bond motifs is 1. The number of aromatic nitrogens is 4. The first-order valence-corrected chi connectivity index (χ1v) is 5.16. The lowest BCUT2D eigenvalue weighted by Crippen LogP contribution is -2.12. The lowest BCUT2D eigenvalue weighted by Gasteiger charge is -2.08. The number of hydrazine groups is 1. The van der Waals surface area contributed by atoms with Crippen LogP contribution in [0.1, 0.15) is 0 Å². The van der Waals surface area contributed by atoms with Crippen molar-refractivity contribution in [2.24, 2.45) is 5.84 Å². The monoisotopic (exact) mass is 243 g/mol. The van der Waals surface area contributed by atoms with E-state index in [9.17, 15) is 0 Å². The van der Waals surface area contributed by atoms with Crippen LogP contribution in [0.3, 0.4) is 0 Å². The summed E-state index contributed by atoms with van der Waals surface area (Å²) in [5.41, 5.74) is 3.92. The van der Waals surface area contributed by atoms with Gasteiger partial charge < -0.3 is 10.7 Å². The van der Waals surface area contributed by atoms with Crippen molar-refractivity contribution < 1.29 is 4.63 Å². The highest BCUT2D eigenvalue weighted by atomic mass is 16.6. The minimum Gasteiger partial charge on any atom is -0.337 e. The van der Waals surface area contributed by atoms with Crippen LogP contribution in [0.2, 0.25) is 0 Å². The molecule has 0 amide bonds. The van der Waals surface area contributed by atoms with Gasteiger partial charge in [-0.15, -0.1) is 0 Å². The molecule has 0 unspecified atom stereocenters. The molecular formula is C10H9N7O. The normalized spacial score (nSPS) is 10.5. The summed E-state index contributed by atoms with van der Waals surface area (Å²) in [4.78, 5) is 8.34. The minimum atomic E-state index is 0.293. The van der Waals surface area contributed by atoms with Gasteiger partial charge in [-0.05, 0) is 22.4 Å².